The summed E-state index contributed by atoms with van der Waals surface area (Å²) in [7, 11) is 0. The molecule has 0 radical (unpaired) electrons. The molecule has 0 saturated carbocycles. The first-order valence-electron chi connectivity index (χ1n) is 7.30. The molecular formula is C19H28. The van der Waals surface area contributed by atoms with Gasteiger partial charge in [-0.3, -0.25) is 0 Å². The molecule has 0 aliphatic carbocycles. The summed E-state index contributed by atoms with van der Waals surface area (Å²) in [6.45, 7) is 10.5. The van der Waals surface area contributed by atoms with Crippen LogP contribution in [0, 0.1) is 13.8 Å². The lowest BCUT2D eigenvalue weighted by molar-refractivity contribution is 0.913. The molecule has 0 amide bonds. The van der Waals surface area contributed by atoms with Gasteiger partial charge in [0.25, 0.3) is 0 Å². The Morgan fingerprint density at radius 1 is 0.737 bits per heavy atom. The highest BCUT2D eigenvalue weighted by molar-refractivity contribution is 5.25. The van der Waals surface area contributed by atoms with Gasteiger partial charge in [0, 0.05) is 0 Å². The van der Waals surface area contributed by atoms with E-state index in [0.29, 0.717) is 0 Å². The van der Waals surface area contributed by atoms with Crippen LogP contribution in [0.25, 0.3) is 0 Å². The summed E-state index contributed by atoms with van der Waals surface area (Å²) in [5, 5.41) is 0. The molecular weight excluding hydrogens is 228 g/mol. The van der Waals surface area contributed by atoms with E-state index in [-0.39, 0.29) is 0 Å². The average molecular weight is 256 g/mol. The van der Waals surface area contributed by atoms with Gasteiger partial charge in [-0.15, -0.1) is 0 Å². The van der Waals surface area contributed by atoms with E-state index in [2.05, 4.69) is 57.2 Å². The predicted octanol–water partition coefficient (Wildman–Crippen LogP) is 5.97. The number of rotatable bonds is 2. The molecule has 2 rings (SSSR count). The van der Waals surface area contributed by atoms with Crippen molar-refractivity contribution >= 4 is 0 Å². The maximum absolute atomic E-state index is 2.21. The second-order valence-electron chi connectivity index (χ2n) is 4.33. The fourth-order valence-electron chi connectivity index (χ4n) is 1.69. The highest BCUT2D eigenvalue weighted by Gasteiger charge is 1.92. The minimum atomic E-state index is 1.21. The van der Waals surface area contributed by atoms with Gasteiger partial charge in [0.2, 0.25) is 0 Å². The standard InChI is InChI=1S/C10H14.C7H8.C2H6/c1-3-6-10-8-5-4-7-9(10)2;1-7-5-3-2-4-6-7;1-2/h4-5,7-8H,3,6H2,1-2H3;2-6H,1H3;1-2H3. The number of hydrogen-bond acceptors (Lipinski definition) is 0. The second-order valence-corrected chi connectivity index (χ2v) is 4.33. The molecule has 0 bridgehead atoms. The van der Waals surface area contributed by atoms with Crippen molar-refractivity contribution < 1.29 is 0 Å². The quantitative estimate of drug-likeness (QED) is 0.621. The Kier molecular flexibility index (Phi) is 10.6. The number of benzene rings is 2. The lowest BCUT2D eigenvalue weighted by Crippen LogP contribution is -1.85. The summed E-state index contributed by atoms with van der Waals surface area (Å²) in [4.78, 5) is 0. The largest absolute Gasteiger partial charge is 0.0683 e. The normalized spacial score (nSPS) is 8.68. The van der Waals surface area contributed by atoms with Gasteiger partial charge in [-0.05, 0) is 31.4 Å². The second kappa shape index (κ2) is 11.5. The molecule has 0 saturated heterocycles. The average Bonchev–Trinajstić information content (AvgIpc) is 2.45. The summed E-state index contributed by atoms with van der Waals surface area (Å²) < 4.78 is 0. The van der Waals surface area contributed by atoms with Crippen molar-refractivity contribution in [3.63, 3.8) is 0 Å². The lowest BCUT2D eigenvalue weighted by Gasteiger charge is -2.01. The Bertz CT molecular complexity index is 415. The first-order valence-corrected chi connectivity index (χ1v) is 7.30. The van der Waals surface area contributed by atoms with Crippen molar-refractivity contribution in [3.8, 4) is 0 Å². The van der Waals surface area contributed by atoms with E-state index in [0.717, 1.165) is 0 Å². The molecule has 0 aliphatic heterocycles. The molecule has 0 heteroatoms. The molecule has 0 nitrogen and oxygen atoms in total. The summed E-state index contributed by atoms with van der Waals surface area (Å²) in [6.07, 6.45) is 2.46. The van der Waals surface area contributed by atoms with E-state index in [4.69, 9.17) is 0 Å². The molecule has 19 heavy (non-hydrogen) atoms. The van der Waals surface area contributed by atoms with Crippen LogP contribution >= 0.6 is 0 Å². The van der Waals surface area contributed by atoms with Crippen LogP contribution in [0.2, 0.25) is 0 Å². The minimum Gasteiger partial charge on any atom is -0.0683 e. The van der Waals surface area contributed by atoms with E-state index in [1.54, 1.807) is 0 Å². The van der Waals surface area contributed by atoms with E-state index in [1.807, 2.05) is 32.0 Å². The van der Waals surface area contributed by atoms with Crippen LogP contribution in [0.1, 0.15) is 43.9 Å². The number of hydrogen-bond donors (Lipinski definition) is 0. The highest BCUT2D eigenvalue weighted by Crippen LogP contribution is 2.08. The molecule has 0 heterocycles. The fourth-order valence-corrected chi connectivity index (χ4v) is 1.69. The Labute approximate surface area is 119 Å². The topological polar surface area (TPSA) is 0 Å². The number of aryl methyl sites for hydroxylation is 3. The van der Waals surface area contributed by atoms with Crippen molar-refractivity contribution in [1.82, 2.24) is 0 Å². The van der Waals surface area contributed by atoms with Crippen LogP contribution in [0.4, 0.5) is 0 Å². The molecule has 0 unspecified atom stereocenters. The highest BCUT2D eigenvalue weighted by atomic mass is 14.0. The van der Waals surface area contributed by atoms with Crippen LogP contribution in [-0.4, -0.2) is 0 Å². The van der Waals surface area contributed by atoms with Crippen molar-refractivity contribution in [3.05, 3.63) is 71.3 Å². The summed E-state index contributed by atoms with van der Waals surface area (Å²) in [5.74, 6) is 0. The van der Waals surface area contributed by atoms with E-state index in [1.165, 1.54) is 29.5 Å². The van der Waals surface area contributed by atoms with Crippen molar-refractivity contribution in [2.75, 3.05) is 0 Å². The van der Waals surface area contributed by atoms with Gasteiger partial charge >= 0.3 is 0 Å². The Hall–Kier alpha value is -1.56. The molecule has 0 N–H and O–H groups in total. The maximum atomic E-state index is 2.21. The van der Waals surface area contributed by atoms with E-state index >= 15 is 0 Å². The fraction of sp³-hybridized carbons (Fsp3) is 0.368. The SMILES string of the molecule is CC.CCCc1ccccc1C.Cc1ccccc1. The minimum absolute atomic E-state index is 1.21. The van der Waals surface area contributed by atoms with E-state index in [9.17, 15) is 0 Å². The van der Waals surface area contributed by atoms with Gasteiger partial charge < -0.3 is 0 Å². The van der Waals surface area contributed by atoms with Gasteiger partial charge in [-0.2, -0.15) is 0 Å². The molecule has 0 aliphatic rings. The lowest BCUT2D eigenvalue weighted by atomic mass is 10.1. The van der Waals surface area contributed by atoms with Crippen LogP contribution in [0.3, 0.4) is 0 Å². The van der Waals surface area contributed by atoms with Gasteiger partial charge in [0.15, 0.2) is 0 Å². The zero-order chi connectivity index (χ0) is 14.5. The van der Waals surface area contributed by atoms with Gasteiger partial charge in [-0.25, -0.2) is 0 Å². The summed E-state index contributed by atoms with van der Waals surface area (Å²) in [6, 6.07) is 18.8. The Morgan fingerprint density at radius 2 is 1.26 bits per heavy atom. The van der Waals surface area contributed by atoms with Gasteiger partial charge in [0.1, 0.15) is 0 Å². The molecule has 0 aromatic heterocycles. The summed E-state index contributed by atoms with van der Waals surface area (Å²) in [5.41, 5.74) is 4.23. The zero-order valence-corrected chi connectivity index (χ0v) is 13.1. The third-order valence-corrected chi connectivity index (χ3v) is 2.72. The molecule has 0 fully saturated rings. The molecule has 2 aromatic carbocycles. The first kappa shape index (κ1) is 17.4. The van der Waals surface area contributed by atoms with Crippen molar-refractivity contribution in [2.24, 2.45) is 0 Å². The Balaban J connectivity index is 0.000000316. The maximum Gasteiger partial charge on any atom is -0.0279 e. The molecule has 0 atom stereocenters. The monoisotopic (exact) mass is 256 g/mol. The third kappa shape index (κ3) is 8.20. The third-order valence-electron chi connectivity index (χ3n) is 2.72. The summed E-state index contributed by atoms with van der Waals surface area (Å²) >= 11 is 0. The first-order chi connectivity index (χ1) is 9.24. The Morgan fingerprint density at radius 3 is 1.68 bits per heavy atom. The van der Waals surface area contributed by atoms with Crippen molar-refractivity contribution in [1.29, 1.82) is 0 Å². The van der Waals surface area contributed by atoms with Crippen LogP contribution in [0.15, 0.2) is 54.6 Å². The van der Waals surface area contributed by atoms with Crippen LogP contribution in [-0.2, 0) is 6.42 Å². The van der Waals surface area contributed by atoms with Crippen LogP contribution < -0.4 is 0 Å². The van der Waals surface area contributed by atoms with E-state index < -0.39 is 0 Å². The molecule has 0 spiro atoms. The van der Waals surface area contributed by atoms with Crippen LogP contribution in [0.5, 0.6) is 0 Å². The predicted molar refractivity (Wildman–Crippen MR) is 87.7 cm³/mol. The molecule has 2 aromatic rings. The zero-order valence-electron chi connectivity index (χ0n) is 13.1. The molecule has 104 valence electrons. The van der Waals surface area contributed by atoms with Crippen molar-refractivity contribution in [2.45, 2.75) is 47.5 Å². The van der Waals surface area contributed by atoms with Gasteiger partial charge in [-0.1, -0.05) is 87.4 Å². The van der Waals surface area contributed by atoms with Gasteiger partial charge in [0.05, 0.1) is 0 Å². The smallest absolute Gasteiger partial charge is 0.0279 e.